The van der Waals surface area contributed by atoms with Crippen molar-refractivity contribution >= 4 is 23.2 Å². The minimum Gasteiger partial charge on any atom is -0.484 e. The van der Waals surface area contributed by atoms with E-state index in [0.717, 1.165) is 17.7 Å². The van der Waals surface area contributed by atoms with Gasteiger partial charge in [0.2, 0.25) is 0 Å². The van der Waals surface area contributed by atoms with Crippen LogP contribution in [0, 0.1) is 6.92 Å². The largest absolute Gasteiger partial charge is 0.484 e. The molecule has 0 bridgehead atoms. The Balaban J connectivity index is 1.62. The minimum atomic E-state index is -0.261. The van der Waals surface area contributed by atoms with Gasteiger partial charge in [-0.1, -0.05) is 24.6 Å². The highest BCUT2D eigenvalue weighted by molar-refractivity contribution is 5.99. The Morgan fingerprint density at radius 2 is 2.00 bits per heavy atom. The second-order valence-electron chi connectivity index (χ2n) is 6.17. The maximum Gasteiger partial charge on any atom is 0.265 e. The third-order valence-electron chi connectivity index (χ3n) is 4.02. The van der Waals surface area contributed by atoms with E-state index in [1.165, 1.54) is 0 Å². The maximum atomic E-state index is 12.1. The van der Waals surface area contributed by atoms with Crippen LogP contribution in [-0.4, -0.2) is 31.6 Å². The summed E-state index contributed by atoms with van der Waals surface area (Å²) in [5, 5.41) is 2.78. The molecule has 2 amide bonds. The molecule has 1 aliphatic rings. The number of amides is 2. The number of nitrogens with one attached hydrogen (secondary N) is 1. The molecule has 1 N–H and O–H groups in total. The Morgan fingerprint density at radius 3 is 2.73 bits per heavy atom. The molecule has 6 nitrogen and oxygen atoms in total. The van der Waals surface area contributed by atoms with Gasteiger partial charge in [0, 0.05) is 18.3 Å². The molecule has 2 aromatic carbocycles. The van der Waals surface area contributed by atoms with Gasteiger partial charge in [0.15, 0.2) is 13.2 Å². The zero-order valence-electron chi connectivity index (χ0n) is 15.0. The van der Waals surface area contributed by atoms with Crippen LogP contribution in [0.5, 0.6) is 11.5 Å². The highest BCUT2D eigenvalue weighted by Crippen LogP contribution is 2.34. The van der Waals surface area contributed by atoms with Gasteiger partial charge >= 0.3 is 0 Å². The summed E-state index contributed by atoms with van der Waals surface area (Å²) in [5.41, 5.74) is 2.47. The van der Waals surface area contributed by atoms with Crippen LogP contribution in [0.4, 0.5) is 11.4 Å². The summed E-state index contributed by atoms with van der Waals surface area (Å²) in [6, 6.07) is 12.8. The first kappa shape index (κ1) is 17.8. The van der Waals surface area contributed by atoms with Crippen molar-refractivity contribution in [3.8, 4) is 11.5 Å². The summed E-state index contributed by atoms with van der Waals surface area (Å²) in [6.07, 6.45) is 0.861. The minimum absolute atomic E-state index is 0.0148. The van der Waals surface area contributed by atoms with E-state index in [-0.39, 0.29) is 25.0 Å². The summed E-state index contributed by atoms with van der Waals surface area (Å²) < 4.78 is 11.0. The molecule has 6 heteroatoms. The molecule has 0 aliphatic carbocycles. The Morgan fingerprint density at radius 1 is 1.23 bits per heavy atom. The van der Waals surface area contributed by atoms with Crippen molar-refractivity contribution in [1.82, 2.24) is 0 Å². The third-order valence-corrected chi connectivity index (χ3v) is 4.02. The van der Waals surface area contributed by atoms with E-state index >= 15 is 0 Å². The quantitative estimate of drug-likeness (QED) is 0.865. The standard InChI is InChI=1S/C20H22N2O4/c1-3-10-22-17-9-6-15(11-18(17)26-13-20(22)24)21-19(23)12-25-16-7-4-14(2)5-8-16/h4-9,11H,3,10,12-13H2,1-2H3,(H,21,23). The Hall–Kier alpha value is -3.02. The lowest BCUT2D eigenvalue weighted by molar-refractivity contribution is -0.121. The van der Waals surface area contributed by atoms with Crippen LogP contribution in [0.25, 0.3) is 0 Å². The van der Waals surface area contributed by atoms with Crippen molar-refractivity contribution in [2.24, 2.45) is 0 Å². The zero-order chi connectivity index (χ0) is 18.5. The SMILES string of the molecule is CCCN1C(=O)COc2cc(NC(=O)COc3ccc(C)cc3)ccc21. The number of aryl methyl sites for hydroxylation is 1. The van der Waals surface area contributed by atoms with Crippen LogP contribution in [0.15, 0.2) is 42.5 Å². The predicted molar refractivity (Wildman–Crippen MR) is 99.9 cm³/mol. The molecular weight excluding hydrogens is 332 g/mol. The molecule has 3 rings (SSSR count). The lowest BCUT2D eigenvalue weighted by Gasteiger charge is -2.29. The topological polar surface area (TPSA) is 67.9 Å². The molecular formula is C20H22N2O4. The maximum absolute atomic E-state index is 12.1. The molecule has 136 valence electrons. The monoisotopic (exact) mass is 354 g/mol. The molecule has 1 aliphatic heterocycles. The van der Waals surface area contributed by atoms with E-state index in [1.807, 2.05) is 38.1 Å². The molecule has 0 atom stereocenters. The van der Waals surface area contributed by atoms with Gasteiger partial charge in [0.25, 0.3) is 11.8 Å². The van der Waals surface area contributed by atoms with Gasteiger partial charge in [-0.05, 0) is 37.6 Å². The number of rotatable bonds is 6. The van der Waals surface area contributed by atoms with Crippen LogP contribution in [0.2, 0.25) is 0 Å². The lowest BCUT2D eigenvalue weighted by atomic mass is 10.2. The summed E-state index contributed by atoms with van der Waals surface area (Å²) in [6.45, 7) is 4.59. The smallest absolute Gasteiger partial charge is 0.265 e. The number of fused-ring (bicyclic) bond motifs is 1. The molecule has 0 spiro atoms. The highest BCUT2D eigenvalue weighted by atomic mass is 16.5. The Labute approximate surface area is 152 Å². The summed E-state index contributed by atoms with van der Waals surface area (Å²) >= 11 is 0. The van der Waals surface area contributed by atoms with Crippen LogP contribution in [0.3, 0.4) is 0 Å². The van der Waals surface area contributed by atoms with E-state index in [2.05, 4.69) is 5.32 Å². The Kier molecular flexibility index (Phi) is 5.41. The molecule has 0 fully saturated rings. The first-order valence-electron chi connectivity index (χ1n) is 8.63. The first-order valence-corrected chi connectivity index (χ1v) is 8.63. The zero-order valence-corrected chi connectivity index (χ0v) is 15.0. The van der Waals surface area contributed by atoms with E-state index in [1.54, 1.807) is 23.1 Å². The van der Waals surface area contributed by atoms with Gasteiger partial charge in [0.1, 0.15) is 11.5 Å². The molecule has 0 unspecified atom stereocenters. The van der Waals surface area contributed by atoms with Gasteiger partial charge in [-0.25, -0.2) is 0 Å². The van der Waals surface area contributed by atoms with E-state index in [0.29, 0.717) is 23.7 Å². The first-order chi connectivity index (χ1) is 12.6. The van der Waals surface area contributed by atoms with Gasteiger partial charge in [-0.2, -0.15) is 0 Å². The molecule has 0 saturated heterocycles. The van der Waals surface area contributed by atoms with Gasteiger partial charge in [-0.3, -0.25) is 9.59 Å². The fraction of sp³-hybridized carbons (Fsp3) is 0.300. The summed E-state index contributed by atoms with van der Waals surface area (Å²) in [4.78, 5) is 25.8. The Bertz CT molecular complexity index is 802. The highest BCUT2D eigenvalue weighted by Gasteiger charge is 2.25. The van der Waals surface area contributed by atoms with Crippen molar-refractivity contribution < 1.29 is 19.1 Å². The van der Waals surface area contributed by atoms with Crippen LogP contribution in [-0.2, 0) is 9.59 Å². The summed E-state index contributed by atoms with van der Waals surface area (Å²) in [5.74, 6) is 0.925. The third kappa shape index (κ3) is 4.14. The second-order valence-corrected chi connectivity index (χ2v) is 6.17. The second kappa shape index (κ2) is 7.91. The predicted octanol–water partition coefficient (Wildman–Crippen LogP) is 3.15. The number of nitrogens with zero attached hydrogens (tertiary/aromatic N) is 1. The van der Waals surface area contributed by atoms with Gasteiger partial charge in [-0.15, -0.1) is 0 Å². The number of anilines is 2. The number of benzene rings is 2. The van der Waals surface area contributed by atoms with Crippen LogP contribution >= 0.6 is 0 Å². The van der Waals surface area contributed by atoms with Crippen molar-refractivity contribution in [3.63, 3.8) is 0 Å². The van der Waals surface area contributed by atoms with Crippen LogP contribution < -0.4 is 19.7 Å². The fourth-order valence-corrected chi connectivity index (χ4v) is 2.73. The molecule has 26 heavy (non-hydrogen) atoms. The van der Waals surface area contributed by atoms with Crippen molar-refractivity contribution in [2.75, 3.05) is 30.0 Å². The van der Waals surface area contributed by atoms with E-state index < -0.39 is 0 Å². The number of carbonyl (C=O) groups is 2. The van der Waals surface area contributed by atoms with Gasteiger partial charge < -0.3 is 19.7 Å². The number of hydrogen-bond acceptors (Lipinski definition) is 4. The molecule has 0 saturated carbocycles. The number of carbonyl (C=O) groups excluding carboxylic acids is 2. The van der Waals surface area contributed by atoms with Crippen molar-refractivity contribution in [1.29, 1.82) is 0 Å². The number of hydrogen-bond donors (Lipinski definition) is 1. The molecule has 0 aromatic heterocycles. The van der Waals surface area contributed by atoms with Crippen molar-refractivity contribution in [2.45, 2.75) is 20.3 Å². The van der Waals surface area contributed by atoms with E-state index in [9.17, 15) is 9.59 Å². The lowest BCUT2D eigenvalue weighted by Crippen LogP contribution is -2.39. The number of ether oxygens (including phenoxy) is 2. The molecule has 2 aromatic rings. The average molecular weight is 354 g/mol. The fourth-order valence-electron chi connectivity index (χ4n) is 2.73. The van der Waals surface area contributed by atoms with Gasteiger partial charge in [0.05, 0.1) is 5.69 Å². The van der Waals surface area contributed by atoms with Crippen LogP contribution in [0.1, 0.15) is 18.9 Å². The molecule has 0 radical (unpaired) electrons. The van der Waals surface area contributed by atoms with E-state index in [4.69, 9.17) is 9.47 Å². The molecule has 1 heterocycles. The summed E-state index contributed by atoms with van der Waals surface area (Å²) in [7, 11) is 0. The van der Waals surface area contributed by atoms with Crippen molar-refractivity contribution in [3.05, 3.63) is 48.0 Å². The normalized spacial score (nSPS) is 13.0. The average Bonchev–Trinajstić information content (AvgIpc) is 2.64.